The molecular weight excluding hydrogens is 480 g/mol. The number of carbonyl (C=O) groups is 1. The predicted molar refractivity (Wildman–Crippen MR) is 144 cm³/mol. The third-order valence-corrected chi connectivity index (χ3v) is 5.51. The number of H-pyrrole nitrogens is 1. The molecule has 1 amide bonds. The summed E-state index contributed by atoms with van der Waals surface area (Å²) >= 11 is 0. The van der Waals surface area contributed by atoms with Crippen LogP contribution in [0, 0.1) is 11.3 Å². The number of hydrogen-bond donors (Lipinski definition) is 3. The normalized spacial score (nSPS) is 11.0. The maximum Gasteiger partial charge on any atom is 0.261 e. The van der Waals surface area contributed by atoms with Crippen LogP contribution >= 0.6 is 0 Å². The van der Waals surface area contributed by atoms with Gasteiger partial charge >= 0.3 is 0 Å². The minimum Gasteiger partial charge on any atom is -0.457 e. The highest BCUT2D eigenvalue weighted by Gasteiger charge is 2.14. The molecule has 5 rings (SSSR count). The number of aromatic amines is 1. The number of nitrogens with zero attached hydrogens (tertiary/aromatic N) is 3. The van der Waals surface area contributed by atoms with Crippen LogP contribution in [-0.4, -0.2) is 28.1 Å². The number of para-hydroxylation sites is 1. The zero-order chi connectivity index (χ0) is 26.3. The summed E-state index contributed by atoms with van der Waals surface area (Å²) in [6, 6.07) is 27.8. The van der Waals surface area contributed by atoms with Gasteiger partial charge in [-0.25, -0.2) is 4.98 Å². The smallest absolute Gasteiger partial charge is 0.261 e. The summed E-state index contributed by atoms with van der Waals surface area (Å²) in [7, 11) is 1.48. The van der Waals surface area contributed by atoms with E-state index in [9.17, 15) is 10.1 Å². The van der Waals surface area contributed by atoms with E-state index in [2.05, 4.69) is 25.8 Å². The number of rotatable bonds is 8. The molecule has 0 saturated heterocycles. The zero-order valence-corrected chi connectivity index (χ0v) is 20.3. The molecule has 186 valence electrons. The molecule has 9 heteroatoms. The summed E-state index contributed by atoms with van der Waals surface area (Å²) in [5, 5.41) is 23.0. The fourth-order valence-electron chi connectivity index (χ4n) is 3.72. The molecule has 0 aliphatic carbocycles. The van der Waals surface area contributed by atoms with E-state index in [1.54, 1.807) is 18.3 Å². The first kappa shape index (κ1) is 24.1. The zero-order valence-electron chi connectivity index (χ0n) is 20.3. The largest absolute Gasteiger partial charge is 0.457 e. The second-order valence-corrected chi connectivity index (χ2v) is 8.09. The lowest BCUT2D eigenvalue weighted by Gasteiger charge is -2.10. The molecule has 0 saturated carbocycles. The molecule has 0 bridgehead atoms. The lowest BCUT2D eigenvalue weighted by atomic mass is 10.1. The number of ether oxygens (including phenoxy) is 2. The number of pyridine rings is 1. The molecule has 3 N–H and O–H groups in total. The number of aromatic nitrogens is 3. The summed E-state index contributed by atoms with van der Waals surface area (Å²) in [6.45, 7) is 0. The van der Waals surface area contributed by atoms with E-state index in [-0.39, 0.29) is 5.57 Å². The second-order valence-electron chi connectivity index (χ2n) is 8.09. The van der Waals surface area contributed by atoms with Crippen LogP contribution in [0.2, 0.25) is 0 Å². The molecule has 0 aliphatic rings. The maximum atomic E-state index is 11.9. The fraction of sp³-hybridized carbons (Fsp3) is 0.0345. The Morgan fingerprint density at radius 1 is 0.947 bits per heavy atom. The Kier molecular flexibility index (Phi) is 6.96. The van der Waals surface area contributed by atoms with E-state index in [0.717, 1.165) is 11.4 Å². The number of likely N-dealkylation sites (N-methyl/N-ethyl adjacent to an activating group) is 1. The van der Waals surface area contributed by atoms with Gasteiger partial charge in [-0.15, -0.1) is 0 Å². The number of amides is 1. The van der Waals surface area contributed by atoms with Gasteiger partial charge in [0.15, 0.2) is 5.65 Å². The van der Waals surface area contributed by atoms with E-state index in [1.807, 2.05) is 78.9 Å². The maximum absolute atomic E-state index is 11.9. The Bertz CT molecular complexity index is 1650. The number of hydrogen-bond acceptors (Lipinski definition) is 7. The van der Waals surface area contributed by atoms with Crippen LogP contribution in [0.1, 0.15) is 5.56 Å². The first-order chi connectivity index (χ1) is 18.6. The lowest BCUT2D eigenvalue weighted by molar-refractivity contribution is -0.116. The van der Waals surface area contributed by atoms with Gasteiger partial charge < -0.3 is 20.1 Å². The van der Waals surface area contributed by atoms with Crippen molar-refractivity contribution in [2.45, 2.75) is 0 Å². The summed E-state index contributed by atoms with van der Waals surface area (Å²) in [5.74, 6) is 2.76. The Hall–Kier alpha value is -5.62. The van der Waals surface area contributed by atoms with Crippen molar-refractivity contribution in [3.8, 4) is 29.1 Å². The van der Waals surface area contributed by atoms with Crippen LogP contribution in [0.15, 0.2) is 96.7 Å². The van der Waals surface area contributed by atoms with E-state index in [4.69, 9.17) is 9.47 Å². The monoisotopic (exact) mass is 502 g/mol. The average Bonchev–Trinajstić information content (AvgIpc) is 3.36. The van der Waals surface area contributed by atoms with Crippen LogP contribution in [0.25, 0.3) is 17.1 Å². The summed E-state index contributed by atoms with van der Waals surface area (Å²) in [6.07, 6.45) is 3.15. The molecule has 0 atom stereocenters. The molecule has 2 aromatic heterocycles. The number of nitrogens with one attached hydrogen (secondary N) is 3. The van der Waals surface area contributed by atoms with Crippen LogP contribution in [0.4, 0.5) is 11.5 Å². The number of benzene rings is 3. The van der Waals surface area contributed by atoms with Gasteiger partial charge in [-0.2, -0.15) is 10.4 Å². The van der Waals surface area contributed by atoms with Crippen LogP contribution in [0.5, 0.6) is 23.0 Å². The van der Waals surface area contributed by atoms with Gasteiger partial charge in [0.25, 0.3) is 5.91 Å². The number of anilines is 2. The van der Waals surface area contributed by atoms with Crippen molar-refractivity contribution in [1.82, 2.24) is 20.5 Å². The van der Waals surface area contributed by atoms with E-state index in [1.165, 1.54) is 13.1 Å². The molecule has 0 unspecified atom stereocenters. The number of fused-ring (bicyclic) bond motifs is 1. The minimum absolute atomic E-state index is 0.0108. The quantitative estimate of drug-likeness (QED) is 0.177. The van der Waals surface area contributed by atoms with Gasteiger partial charge in [0.2, 0.25) is 0 Å². The van der Waals surface area contributed by atoms with Crippen molar-refractivity contribution in [3.05, 3.63) is 102 Å². The molecule has 5 aromatic rings. The van der Waals surface area contributed by atoms with E-state index >= 15 is 0 Å². The van der Waals surface area contributed by atoms with Crippen molar-refractivity contribution in [2.75, 3.05) is 12.4 Å². The highest BCUT2D eigenvalue weighted by molar-refractivity contribution is 6.01. The minimum atomic E-state index is -0.446. The van der Waals surface area contributed by atoms with Gasteiger partial charge in [-0.1, -0.05) is 30.3 Å². The summed E-state index contributed by atoms with van der Waals surface area (Å²) in [5.41, 5.74) is 1.90. The average molecular weight is 503 g/mol. The second kappa shape index (κ2) is 11.0. The Morgan fingerprint density at radius 3 is 2.42 bits per heavy atom. The predicted octanol–water partition coefficient (Wildman–Crippen LogP) is 5.94. The molecule has 0 fully saturated rings. The molecule has 0 aliphatic heterocycles. The summed E-state index contributed by atoms with van der Waals surface area (Å²) < 4.78 is 12.0. The van der Waals surface area contributed by atoms with E-state index in [0.29, 0.717) is 39.7 Å². The van der Waals surface area contributed by atoms with E-state index < -0.39 is 5.91 Å². The molecule has 0 spiro atoms. The Labute approximate surface area is 218 Å². The number of nitriles is 1. The first-order valence-corrected chi connectivity index (χ1v) is 11.7. The molecule has 0 radical (unpaired) electrons. The molecule has 38 heavy (non-hydrogen) atoms. The molecular formula is C29H22N6O3. The van der Waals surface area contributed by atoms with Gasteiger partial charge in [0.05, 0.1) is 0 Å². The van der Waals surface area contributed by atoms with Crippen molar-refractivity contribution in [1.29, 1.82) is 5.26 Å². The van der Waals surface area contributed by atoms with Crippen LogP contribution in [-0.2, 0) is 4.79 Å². The highest BCUT2D eigenvalue weighted by Crippen LogP contribution is 2.35. The Morgan fingerprint density at radius 2 is 1.68 bits per heavy atom. The number of carbonyl (C=O) groups excluding carboxylic acids is 1. The standard InChI is InChI=1S/C29H22N6O3/c1-31-29(36)20(18-30)16-19-6-5-7-21(17-19)33-28-26-25(14-15-32-27(26)34-35-28)38-24-12-10-23(11-13-24)37-22-8-3-2-4-9-22/h2-17H,1H3,(H,31,36)(H2,32,33,34,35)/b20-16-. The molecule has 2 heterocycles. The first-order valence-electron chi connectivity index (χ1n) is 11.7. The van der Waals surface area contributed by atoms with Crippen molar-refractivity contribution in [3.63, 3.8) is 0 Å². The van der Waals surface area contributed by atoms with Crippen LogP contribution < -0.4 is 20.1 Å². The van der Waals surface area contributed by atoms with Gasteiger partial charge in [0, 0.05) is 25.0 Å². The molecule has 9 nitrogen and oxygen atoms in total. The topological polar surface area (TPSA) is 125 Å². The molecule has 3 aromatic carbocycles. The summed E-state index contributed by atoms with van der Waals surface area (Å²) in [4.78, 5) is 16.2. The highest BCUT2D eigenvalue weighted by atomic mass is 16.5. The van der Waals surface area contributed by atoms with Crippen LogP contribution in [0.3, 0.4) is 0 Å². The van der Waals surface area contributed by atoms with Crippen molar-refractivity contribution >= 4 is 34.5 Å². The third-order valence-electron chi connectivity index (χ3n) is 5.51. The SMILES string of the molecule is CNC(=O)/C(C#N)=C\c1cccc(Nc2[nH]nc3nccc(Oc4ccc(Oc5ccccc5)cc4)c23)c1. The lowest BCUT2D eigenvalue weighted by Crippen LogP contribution is -2.19. The Balaban J connectivity index is 1.38. The van der Waals surface area contributed by atoms with Gasteiger partial charge in [-0.3, -0.25) is 9.89 Å². The third kappa shape index (κ3) is 5.45. The van der Waals surface area contributed by atoms with Crippen molar-refractivity contribution < 1.29 is 14.3 Å². The van der Waals surface area contributed by atoms with Crippen molar-refractivity contribution in [2.24, 2.45) is 0 Å². The van der Waals surface area contributed by atoms with Gasteiger partial charge in [-0.05, 0) is 60.2 Å². The fourth-order valence-corrected chi connectivity index (χ4v) is 3.72. The van der Waals surface area contributed by atoms with Gasteiger partial charge in [0.1, 0.15) is 45.8 Å².